The molecule has 1 heterocycles. The smallest absolute Gasteiger partial charge is 0.149 e. The van der Waals surface area contributed by atoms with Gasteiger partial charge in [0.1, 0.15) is 24.7 Å². The van der Waals surface area contributed by atoms with E-state index in [4.69, 9.17) is 37.4 Å². The molecule has 0 amide bonds. The molecule has 4 aromatic rings. The normalized spacial score (nSPS) is 10.7. The molecule has 0 unspecified atom stereocenters. The monoisotopic (exact) mass is 493 g/mol. The van der Waals surface area contributed by atoms with E-state index in [1.807, 2.05) is 36.4 Å². The first-order valence-corrected chi connectivity index (χ1v) is 11.6. The molecular weight excluding hydrogens is 469 g/mol. The second-order valence-corrected chi connectivity index (χ2v) is 8.68. The number of methoxy groups -OCH3 is 1. The predicted molar refractivity (Wildman–Crippen MR) is 138 cm³/mol. The van der Waals surface area contributed by atoms with Crippen LogP contribution in [0.4, 0.5) is 0 Å². The van der Waals surface area contributed by atoms with Crippen molar-refractivity contribution in [2.45, 2.75) is 26.7 Å². The lowest BCUT2D eigenvalue weighted by atomic mass is 10.1. The van der Waals surface area contributed by atoms with E-state index in [9.17, 15) is 0 Å². The van der Waals surface area contributed by atoms with E-state index < -0.39 is 0 Å². The Morgan fingerprint density at radius 2 is 1.44 bits per heavy atom. The van der Waals surface area contributed by atoms with Crippen LogP contribution < -0.4 is 9.47 Å². The highest BCUT2D eigenvalue weighted by Gasteiger charge is 2.17. The van der Waals surface area contributed by atoms with E-state index in [1.54, 1.807) is 19.2 Å². The van der Waals surface area contributed by atoms with Gasteiger partial charge in [-0.1, -0.05) is 46.7 Å². The minimum absolute atomic E-state index is 0.293. The molecule has 34 heavy (non-hydrogen) atoms. The van der Waals surface area contributed by atoms with E-state index >= 15 is 0 Å². The first kappa shape index (κ1) is 24.0. The van der Waals surface area contributed by atoms with Crippen LogP contribution in [0.2, 0.25) is 10.0 Å². The van der Waals surface area contributed by atoms with Crippen molar-refractivity contribution in [3.05, 3.63) is 93.6 Å². The van der Waals surface area contributed by atoms with Crippen molar-refractivity contribution in [3.63, 3.8) is 0 Å². The first-order valence-electron chi connectivity index (χ1n) is 10.9. The number of hydrogen-bond donors (Lipinski definition) is 0. The van der Waals surface area contributed by atoms with E-state index in [2.05, 4.69) is 41.5 Å². The summed E-state index contributed by atoms with van der Waals surface area (Å²) < 4.78 is 19.5. The molecule has 0 N–H and O–H groups in total. The maximum atomic E-state index is 6.11. The molecule has 0 radical (unpaired) electrons. The number of ether oxygens (including phenoxy) is 3. The van der Waals surface area contributed by atoms with E-state index in [1.165, 1.54) is 5.56 Å². The van der Waals surface area contributed by atoms with Gasteiger partial charge >= 0.3 is 0 Å². The fraction of sp³-hybridized carbons (Fsp3) is 0.214. The zero-order valence-electron chi connectivity index (χ0n) is 19.1. The standard InChI is InChI=1S/C28H25Cl2NO3/c1-20-5-14-27-25(17-20)26(18-32-2)28(19-34-24-12-8-22(30)9-13-24)31(27)15-3-4-16-33-23-10-6-21(29)7-11-23/h5-14,17H,15-16,18-19H2,1-2H3. The van der Waals surface area contributed by atoms with Crippen LogP contribution in [-0.4, -0.2) is 18.3 Å². The number of rotatable bonds is 8. The fourth-order valence-electron chi connectivity index (χ4n) is 3.76. The van der Waals surface area contributed by atoms with Gasteiger partial charge in [-0.2, -0.15) is 0 Å². The molecule has 3 aromatic carbocycles. The number of halogens is 2. The molecule has 0 aliphatic heterocycles. The van der Waals surface area contributed by atoms with Crippen molar-refractivity contribution < 1.29 is 14.2 Å². The Kier molecular flexibility index (Phi) is 8.03. The van der Waals surface area contributed by atoms with E-state index in [0.29, 0.717) is 36.4 Å². The lowest BCUT2D eigenvalue weighted by Crippen LogP contribution is -2.08. The molecule has 4 rings (SSSR count). The Hall–Kier alpha value is -3.10. The maximum Gasteiger partial charge on any atom is 0.149 e. The second kappa shape index (κ2) is 11.4. The summed E-state index contributed by atoms with van der Waals surface area (Å²) in [7, 11) is 1.71. The van der Waals surface area contributed by atoms with Gasteiger partial charge in [0, 0.05) is 33.6 Å². The van der Waals surface area contributed by atoms with Crippen molar-refractivity contribution >= 4 is 34.1 Å². The Morgan fingerprint density at radius 3 is 2.09 bits per heavy atom. The van der Waals surface area contributed by atoms with Crippen LogP contribution in [0.15, 0.2) is 66.7 Å². The van der Waals surface area contributed by atoms with Gasteiger partial charge in [-0.3, -0.25) is 0 Å². The molecule has 0 bridgehead atoms. The molecule has 0 spiro atoms. The van der Waals surface area contributed by atoms with Crippen molar-refractivity contribution in [3.8, 4) is 23.3 Å². The summed E-state index contributed by atoms with van der Waals surface area (Å²) in [6.07, 6.45) is 0. The summed E-state index contributed by atoms with van der Waals surface area (Å²) in [6.45, 7) is 3.76. The Bertz CT molecular complexity index is 1320. The summed E-state index contributed by atoms with van der Waals surface area (Å²) in [6, 6.07) is 21.0. The quantitative estimate of drug-likeness (QED) is 0.246. The van der Waals surface area contributed by atoms with Gasteiger partial charge in [0.2, 0.25) is 0 Å². The minimum atomic E-state index is 0.293. The average Bonchev–Trinajstić information content (AvgIpc) is 3.11. The van der Waals surface area contributed by atoms with Gasteiger partial charge in [0.25, 0.3) is 0 Å². The molecule has 0 fully saturated rings. The van der Waals surface area contributed by atoms with E-state index in [0.717, 1.165) is 33.7 Å². The van der Waals surface area contributed by atoms with Crippen molar-refractivity contribution in [2.75, 3.05) is 13.7 Å². The summed E-state index contributed by atoms with van der Waals surface area (Å²) in [5.41, 5.74) is 4.43. The number of hydrogen-bond acceptors (Lipinski definition) is 3. The lowest BCUT2D eigenvalue weighted by Gasteiger charge is -2.12. The second-order valence-electron chi connectivity index (χ2n) is 7.80. The topological polar surface area (TPSA) is 32.6 Å². The summed E-state index contributed by atoms with van der Waals surface area (Å²) in [5, 5.41) is 2.50. The fourth-order valence-corrected chi connectivity index (χ4v) is 4.01. The Balaban J connectivity index is 1.59. The van der Waals surface area contributed by atoms with Crippen LogP contribution in [0.3, 0.4) is 0 Å². The molecule has 0 aliphatic carbocycles. The van der Waals surface area contributed by atoms with Crippen molar-refractivity contribution in [1.29, 1.82) is 0 Å². The van der Waals surface area contributed by atoms with Gasteiger partial charge in [0.15, 0.2) is 0 Å². The van der Waals surface area contributed by atoms with Crippen LogP contribution in [0.1, 0.15) is 16.8 Å². The summed E-state index contributed by atoms with van der Waals surface area (Å²) >= 11 is 11.9. The number of aromatic nitrogens is 1. The van der Waals surface area contributed by atoms with Crippen LogP contribution in [0.5, 0.6) is 11.5 Å². The maximum absolute atomic E-state index is 6.11. The molecule has 0 saturated heterocycles. The van der Waals surface area contributed by atoms with Gasteiger partial charge in [-0.25, -0.2) is 0 Å². The molecule has 0 saturated carbocycles. The molecule has 0 aliphatic rings. The highest BCUT2D eigenvalue weighted by atomic mass is 35.5. The lowest BCUT2D eigenvalue weighted by molar-refractivity contribution is 0.182. The predicted octanol–water partition coefficient (Wildman–Crippen LogP) is 7.06. The number of benzene rings is 3. The highest BCUT2D eigenvalue weighted by Crippen LogP contribution is 2.29. The van der Waals surface area contributed by atoms with Gasteiger partial charge in [-0.15, -0.1) is 0 Å². The third-order valence-electron chi connectivity index (χ3n) is 5.41. The van der Waals surface area contributed by atoms with Gasteiger partial charge < -0.3 is 18.8 Å². The first-order chi connectivity index (χ1) is 16.5. The van der Waals surface area contributed by atoms with Crippen LogP contribution in [0, 0.1) is 18.8 Å². The largest absolute Gasteiger partial charge is 0.487 e. The molecule has 1 aromatic heterocycles. The molecular formula is C28H25Cl2NO3. The summed E-state index contributed by atoms with van der Waals surface area (Å²) in [5.74, 6) is 7.84. The third-order valence-corrected chi connectivity index (χ3v) is 5.91. The Morgan fingerprint density at radius 1 is 0.794 bits per heavy atom. The minimum Gasteiger partial charge on any atom is -0.487 e. The molecule has 0 atom stereocenters. The van der Waals surface area contributed by atoms with Crippen LogP contribution in [0.25, 0.3) is 10.9 Å². The average molecular weight is 494 g/mol. The third kappa shape index (κ3) is 5.87. The van der Waals surface area contributed by atoms with Gasteiger partial charge in [-0.05, 0) is 67.6 Å². The number of aryl methyl sites for hydroxylation is 1. The highest BCUT2D eigenvalue weighted by molar-refractivity contribution is 6.30. The van der Waals surface area contributed by atoms with E-state index in [-0.39, 0.29) is 0 Å². The number of fused-ring (bicyclic) bond motifs is 1. The van der Waals surface area contributed by atoms with Crippen molar-refractivity contribution in [1.82, 2.24) is 4.57 Å². The van der Waals surface area contributed by atoms with Crippen molar-refractivity contribution in [2.24, 2.45) is 0 Å². The number of nitrogens with zero attached hydrogens (tertiary/aromatic N) is 1. The zero-order chi connectivity index (χ0) is 23.9. The SMILES string of the molecule is COCc1c(COc2ccc(Cl)cc2)n(CC#CCOc2ccc(Cl)cc2)c2ccc(C)cc12. The van der Waals surface area contributed by atoms with Gasteiger partial charge in [0.05, 0.1) is 18.8 Å². The zero-order valence-corrected chi connectivity index (χ0v) is 20.6. The molecule has 174 valence electrons. The molecule has 6 heteroatoms. The Labute approximate surface area is 210 Å². The summed E-state index contributed by atoms with van der Waals surface area (Å²) in [4.78, 5) is 0. The van der Waals surface area contributed by atoms with Crippen LogP contribution >= 0.6 is 23.2 Å². The molecule has 4 nitrogen and oxygen atoms in total. The van der Waals surface area contributed by atoms with Crippen LogP contribution in [-0.2, 0) is 24.5 Å².